The van der Waals surface area contributed by atoms with Crippen molar-refractivity contribution < 1.29 is 9.47 Å². The summed E-state index contributed by atoms with van der Waals surface area (Å²) in [4.78, 5) is 5.11. The second-order valence-corrected chi connectivity index (χ2v) is 7.67. The van der Waals surface area contributed by atoms with Crippen molar-refractivity contribution in [3.05, 3.63) is 58.6 Å². The van der Waals surface area contributed by atoms with Gasteiger partial charge in [0.05, 0.1) is 19.2 Å². The van der Waals surface area contributed by atoms with Crippen molar-refractivity contribution in [1.82, 2.24) is 9.80 Å². The number of nitrogens with zero attached hydrogens (tertiary/aromatic N) is 2. The van der Waals surface area contributed by atoms with Gasteiger partial charge in [-0.1, -0.05) is 48.0 Å². The first-order valence-electron chi connectivity index (χ1n) is 10.1. The van der Waals surface area contributed by atoms with Crippen LogP contribution in [0, 0.1) is 0 Å². The fourth-order valence-electron chi connectivity index (χ4n) is 3.79. The third kappa shape index (κ3) is 5.63. The number of ether oxygens (including phenoxy) is 2. The highest BCUT2D eigenvalue weighted by atomic mass is 35.5. The largest absolute Gasteiger partial charge is 0.493 e. The maximum absolute atomic E-state index is 6.51. The Morgan fingerprint density at radius 2 is 1.50 bits per heavy atom. The average molecular weight is 403 g/mol. The lowest BCUT2D eigenvalue weighted by Gasteiger charge is -2.34. The second kappa shape index (κ2) is 10.7. The van der Waals surface area contributed by atoms with Crippen molar-refractivity contribution >= 4 is 11.6 Å². The van der Waals surface area contributed by atoms with Gasteiger partial charge in [-0.05, 0) is 43.0 Å². The summed E-state index contributed by atoms with van der Waals surface area (Å²) < 4.78 is 10.7. The van der Waals surface area contributed by atoms with E-state index in [9.17, 15) is 0 Å². The Morgan fingerprint density at radius 3 is 2.14 bits per heavy atom. The molecule has 0 amide bonds. The van der Waals surface area contributed by atoms with E-state index in [0.717, 1.165) is 44.7 Å². The zero-order valence-electron chi connectivity index (χ0n) is 17.0. The van der Waals surface area contributed by atoms with E-state index in [1.807, 2.05) is 12.1 Å². The summed E-state index contributed by atoms with van der Waals surface area (Å²) in [5.41, 5.74) is 2.55. The smallest absolute Gasteiger partial charge is 0.179 e. The molecule has 1 heterocycles. The van der Waals surface area contributed by atoms with Crippen LogP contribution in [0.5, 0.6) is 11.5 Å². The van der Waals surface area contributed by atoms with Gasteiger partial charge in [0, 0.05) is 32.7 Å². The van der Waals surface area contributed by atoms with E-state index in [1.165, 1.54) is 24.9 Å². The Kier molecular flexibility index (Phi) is 8.01. The molecule has 3 rings (SSSR count). The average Bonchev–Trinajstić information content (AvgIpc) is 2.74. The normalized spacial score (nSPS) is 15.5. The minimum atomic E-state index is 0.630. The summed E-state index contributed by atoms with van der Waals surface area (Å²) in [6, 6.07) is 14.7. The Hall–Kier alpha value is -1.75. The molecule has 1 aliphatic heterocycles. The first kappa shape index (κ1) is 21.0. The highest BCUT2D eigenvalue weighted by Crippen LogP contribution is 2.37. The fraction of sp³-hybridized carbons (Fsp3) is 0.478. The van der Waals surface area contributed by atoms with Gasteiger partial charge in [-0.25, -0.2) is 0 Å². The number of piperazine rings is 1. The number of halogens is 1. The van der Waals surface area contributed by atoms with Gasteiger partial charge in [0.1, 0.15) is 0 Å². The number of aryl methyl sites for hydroxylation is 1. The highest BCUT2D eigenvalue weighted by molar-refractivity contribution is 6.33. The molecule has 2 aromatic rings. The maximum atomic E-state index is 6.51. The fourth-order valence-corrected chi connectivity index (χ4v) is 4.12. The molecule has 2 aromatic carbocycles. The molecule has 0 bridgehead atoms. The predicted octanol–water partition coefficient (Wildman–Crippen LogP) is 4.15. The number of hydrogen-bond donors (Lipinski definition) is 0. The van der Waals surface area contributed by atoms with Crippen LogP contribution in [0.3, 0.4) is 0 Å². The molecule has 0 spiro atoms. The monoisotopic (exact) mass is 402 g/mol. The van der Waals surface area contributed by atoms with E-state index in [1.54, 1.807) is 14.2 Å². The quantitative estimate of drug-likeness (QED) is 0.629. The van der Waals surface area contributed by atoms with Gasteiger partial charge in [0.15, 0.2) is 11.5 Å². The standard InChI is InChI=1S/C23H31ClN2O2/c1-27-21-11-10-20(22(24)23(21)28-2)12-14-26-17-15-25(16-18-26)13-6-9-19-7-4-3-5-8-19/h3-5,7-8,10-11H,6,9,12-18H2,1-2H3. The van der Waals surface area contributed by atoms with Gasteiger partial charge in [-0.3, -0.25) is 0 Å². The van der Waals surface area contributed by atoms with Gasteiger partial charge in [-0.2, -0.15) is 0 Å². The summed E-state index contributed by atoms with van der Waals surface area (Å²) in [5.74, 6) is 1.31. The highest BCUT2D eigenvalue weighted by Gasteiger charge is 2.18. The van der Waals surface area contributed by atoms with Crippen molar-refractivity contribution in [2.75, 3.05) is 53.5 Å². The van der Waals surface area contributed by atoms with Gasteiger partial charge >= 0.3 is 0 Å². The van der Waals surface area contributed by atoms with Gasteiger partial charge in [0.2, 0.25) is 0 Å². The van der Waals surface area contributed by atoms with Crippen LogP contribution >= 0.6 is 11.6 Å². The minimum absolute atomic E-state index is 0.630. The van der Waals surface area contributed by atoms with E-state index in [0.29, 0.717) is 16.5 Å². The van der Waals surface area contributed by atoms with Crippen molar-refractivity contribution in [1.29, 1.82) is 0 Å². The molecular weight excluding hydrogens is 372 g/mol. The Morgan fingerprint density at radius 1 is 0.821 bits per heavy atom. The molecule has 0 aromatic heterocycles. The van der Waals surface area contributed by atoms with E-state index >= 15 is 0 Å². The van der Waals surface area contributed by atoms with E-state index in [4.69, 9.17) is 21.1 Å². The lowest BCUT2D eigenvalue weighted by molar-refractivity contribution is 0.132. The summed E-state index contributed by atoms with van der Waals surface area (Å²) in [7, 11) is 3.26. The predicted molar refractivity (Wildman–Crippen MR) is 116 cm³/mol. The second-order valence-electron chi connectivity index (χ2n) is 7.30. The summed E-state index contributed by atoms with van der Waals surface area (Å²) in [6.45, 7) is 6.74. The minimum Gasteiger partial charge on any atom is -0.493 e. The lowest BCUT2D eigenvalue weighted by atomic mass is 10.1. The van der Waals surface area contributed by atoms with Crippen LogP contribution in [0.1, 0.15) is 17.5 Å². The number of benzene rings is 2. The number of hydrogen-bond acceptors (Lipinski definition) is 4. The molecule has 4 nitrogen and oxygen atoms in total. The van der Waals surface area contributed by atoms with E-state index in [2.05, 4.69) is 40.1 Å². The molecule has 5 heteroatoms. The Labute approximate surface area is 174 Å². The first-order chi connectivity index (χ1) is 13.7. The molecule has 0 atom stereocenters. The molecule has 0 aliphatic carbocycles. The molecule has 152 valence electrons. The SMILES string of the molecule is COc1ccc(CCN2CCN(CCCc3ccccc3)CC2)c(Cl)c1OC. The van der Waals surface area contributed by atoms with Crippen molar-refractivity contribution in [2.45, 2.75) is 19.3 Å². The summed E-state index contributed by atoms with van der Waals surface area (Å²) >= 11 is 6.51. The van der Waals surface area contributed by atoms with Crippen LogP contribution in [0.15, 0.2) is 42.5 Å². The molecule has 28 heavy (non-hydrogen) atoms. The zero-order valence-corrected chi connectivity index (χ0v) is 17.8. The van der Waals surface area contributed by atoms with Crippen molar-refractivity contribution in [3.63, 3.8) is 0 Å². The first-order valence-corrected chi connectivity index (χ1v) is 10.5. The van der Waals surface area contributed by atoms with Crippen LogP contribution in [0.4, 0.5) is 0 Å². The maximum Gasteiger partial charge on any atom is 0.179 e. The molecule has 0 N–H and O–H groups in total. The van der Waals surface area contributed by atoms with E-state index < -0.39 is 0 Å². The molecule has 1 aliphatic rings. The van der Waals surface area contributed by atoms with E-state index in [-0.39, 0.29) is 0 Å². The number of rotatable bonds is 9. The Bertz CT molecular complexity index is 731. The molecule has 0 unspecified atom stereocenters. The van der Waals surface area contributed by atoms with Crippen LogP contribution in [-0.2, 0) is 12.8 Å². The molecule has 1 fully saturated rings. The van der Waals surface area contributed by atoms with Gasteiger partial charge in [0.25, 0.3) is 0 Å². The summed E-state index contributed by atoms with van der Waals surface area (Å²) in [5, 5.41) is 0.668. The van der Waals surface area contributed by atoms with Crippen LogP contribution in [0.2, 0.25) is 5.02 Å². The van der Waals surface area contributed by atoms with Crippen molar-refractivity contribution in [3.8, 4) is 11.5 Å². The van der Waals surface area contributed by atoms with Gasteiger partial charge < -0.3 is 19.3 Å². The molecular formula is C23H31ClN2O2. The van der Waals surface area contributed by atoms with Gasteiger partial charge in [-0.15, -0.1) is 0 Å². The third-order valence-corrected chi connectivity index (χ3v) is 5.92. The third-order valence-electron chi connectivity index (χ3n) is 5.51. The molecule has 0 radical (unpaired) electrons. The van der Waals surface area contributed by atoms with Crippen LogP contribution in [-0.4, -0.2) is 63.3 Å². The summed E-state index contributed by atoms with van der Waals surface area (Å²) in [6.07, 6.45) is 3.32. The zero-order chi connectivity index (χ0) is 19.8. The van der Waals surface area contributed by atoms with Crippen LogP contribution < -0.4 is 9.47 Å². The van der Waals surface area contributed by atoms with Crippen molar-refractivity contribution in [2.24, 2.45) is 0 Å². The topological polar surface area (TPSA) is 24.9 Å². The Balaban J connectivity index is 1.40. The molecule has 1 saturated heterocycles. The lowest BCUT2D eigenvalue weighted by Crippen LogP contribution is -2.47. The number of methoxy groups -OCH3 is 2. The molecule has 0 saturated carbocycles. The van der Waals surface area contributed by atoms with Crippen LogP contribution in [0.25, 0.3) is 0 Å².